The number of hydrogen-bond acceptors (Lipinski definition) is 3. The average Bonchev–Trinajstić information content (AvgIpc) is 2.17. The molecule has 0 aromatic carbocycles. The van der Waals surface area contributed by atoms with Gasteiger partial charge in [0.15, 0.2) is 5.16 Å². The van der Waals surface area contributed by atoms with Crippen LogP contribution in [-0.4, -0.2) is 15.7 Å². The van der Waals surface area contributed by atoms with Gasteiger partial charge in [-0.2, -0.15) is 0 Å². The minimum atomic E-state index is 0.631. The van der Waals surface area contributed by atoms with E-state index in [1.807, 2.05) is 0 Å². The molecule has 0 aliphatic carbocycles. The number of nitrogens with two attached hydrogens (primary N) is 1. The van der Waals surface area contributed by atoms with Crippen molar-refractivity contribution in [2.75, 3.05) is 11.5 Å². The SMILES string of the molecule is CCSc1ncc(N)[nH]1. The van der Waals surface area contributed by atoms with E-state index in [2.05, 4.69) is 16.9 Å². The van der Waals surface area contributed by atoms with E-state index in [4.69, 9.17) is 5.73 Å². The molecular formula is C5H9N3S. The first-order valence-corrected chi connectivity index (χ1v) is 3.74. The largest absolute Gasteiger partial charge is 0.384 e. The van der Waals surface area contributed by atoms with E-state index in [0.29, 0.717) is 5.82 Å². The molecule has 0 saturated heterocycles. The lowest BCUT2D eigenvalue weighted by molar-refractivity contribution is 1.06. The summed E-state index contributed by atoms with van der Waals surface area (Å²) in [5, 5.41) is 0.898. The number of imidazole rings is 1. The number of anilines is 1. The minimum Gasteiger partial charge on any atom is -0.384 e. The number of nitrogens with zero attached hydrogens (tertiary/aromatic N) is 1. The molecule has 0 saturated carbocycles. The van der Waals surface area contributed by atoms with Crippen LogP contribution in [0.5, 0.6) is 0 Å². The summed E-state index contributed by atoms with van der Waals surface area (Å²) in [6.45, 7) is 2.07. The van der Waals surface area contributed by atoms with Crippen LogP contribution in [0.25, 0.3) is 0 Å². The van der Waals surface area contributed by atoms with E-state index in [1.54, 1.807) is 18.0 Å². The molecule has 1 rings (SSSR count). The molecule has 1 aromatic rings. The zero-order valence-electron chi connectivity index (χ0n) is 5.22. The maximum Gasteiger partial charge on any atom is 0.166 e. The Bertz CT molecular complexity index is 184. The summed E-state index contributed by atoms with van der Waals surface area (Å²) in [5.74, 6) is 1.65. The molecule has 0 fully saturated rings. The van der Waals surface area contributed by atoms with Gasteiger partial charge in [0.2, 0.25) is 0 Å². The summed E-state index contributed by atoms with van der Waals surface area (Å²) in [7, 11) is 0. The number of aromatic nitrogens is 2. The fraction of sp³-hybridized carbons (Fsp3) is 0.400. The van der Waals surface area contributed by atoms with Crippen molar-refractivity contribution in [2.24, 2.45) is 0 Å². The normalized spacial score (nSPS) is 9.89. The fourth-order valence-corrected chi connectivity index (χ4v) is 1.12. The Morgan fingerprint density at radius 2 is 2.67 bits per heavy atom. The van der Waals surface area contributed by atoms with Gasteiger partial charge >= 0.3 is 0 Å². The predicted molar refractivity (Wildman–Crippen MR) is 39.4 cm³/mol. The monoisotopic (exact) mass is 143 g/mol. The lowest BCUT2D eigenvalue weighted by Crippen LogP contribution is -1.82. The number of nitrogens with one attached hydrogen (secondary N) is 1. The van der Waals surface area contributed by atoms with Crippen LogP contribution in [0.4, 0.5) is 5.82 Å². The summed E-state index contributed by atoms with van der Waals surface area (Å²) in [4.78, 5) is 6.89. The van der Waals surface area contributed by atoms with Crippen molar-refractivity contribution in [3.63, 3.8) is 0 Å². The van der Waals surface area contributed by atoms with Crippen LogP contribution in [0.15, 0.2) is 11.4 Å². The Balaban J connectivity index is 2.61. The summed E-state index contributed by atoms with van der Waals surface area (Å²) >= 11 is 1.65. The van der Waals surface area contributed by atoms with Gasteiger partial charge in [-0.05, 0) is 5.75 Å². The van der Waals surface area contributed by atoms with Gasteiger partial charge in [0.05, 0.1) is 6.20 Å². The fourth-order valence-electron chi connectivity index (χ4n) is 0.526. The molecule has 0 aliphatic rings. The van der Waals surface area contributed by atoms with Crippen molar-refractivity contribution in [3.05, 3.63) is 6.20 Å². The number of H-pyrrole nitrogens is 1. The third kappa shape index (κ3) is 1.64. The first-order chi connectivity index (χ1) is 4.33. The third-order valence-electron chi connectivity index (χ3n) is 0.853. The minimum absolute atomic E-state index is 0.631. The molecular weight excluding hydrogens is 134 g/mol. The maximum atomic E-state index is 5.38. The summed E-state index contributed by atoms with van der Waals surface area (Å²) in [5.41, 5.74) is 5.38. The van der Waals surface area contributed by atoms with Gasteiger partial charge in [-0.3, -0.25) is 0 Å². The highest BCUT2D eigenvalue weighted by atomic mass is 32.2. The molecule has 3 N–H and O–H groups in total. The Morgan fingerprint density at radius 1 is 1.89 bits per heavy atom. The van der Waals surface area contributed by atoms with Crippen LogP contribution in [-0.2, 0) is 0 Å². The number of aromatic amines is 1. The Morgan fingerprint density at radius 3 is 3.11 bits per heavy atom. The second kappa shape index (κ2) is 2.77. The molecule has 0 spiro atoms. The molecule has 1 aromatic heterocycles. The molecule has 0 aliphatic heterocycles. The first kappa shape index (κ1) is 6.48. The van der Waals surface area contributed by atoms with Crippen molar-refractivity contribution in [1.29, 1.82) is 0 Å². The van der Waals surface area contributed by atoms with Crippen LogP contribution < -0.4 is 5.73 Å². The maximum absolute atomic E-state index is 5.38. The van der Waals surface area contributed by atoms with Crippen LogP contribution in [0.1, 0.15) is 6.92 Å². The average molecular weight is 143 g/mol. The molecule has 1 heterocycles. The van der Waals surface area contributed by atoms with E-state index in [9.17, 15) is 0 Å². The van der Waals surface area contributed by atoms with Gasteiger partial charge in [-0.25, -0.2) is 4.98 Å². The zero-order valence-corrected chi connectivity index (χ0v) is 6.03. The Kier molecular flexibility index (Phi) is 2.00. The lowest BCUT2D eigenvalue weighted by Gasteiger charge is -1.87. The van der Waals surface area contributed by atoms with E-state index in [-0.39, 0.29) is 0 Å². The van der Waals surface area contributed by atoms with E-state index < -0.39 is 0 Å². The zero-order chi connectivity index (χ0) is 6.69. The van der Waals surface area contributed by atoms with Gasteiger partial charge in [-0.1, -0.05) is 18.7 Å². The Hall–Kier alpha value is -0.640. The van der Waals surface area contributed by atoms with Crippen LogP contribution in [0, 0.1) is 0 Å². The molecule has 9 heavy (non-hydrogen) atoms. The van der Waals surface area contributed by atoms with Crippen molar-refractivity contribution >= 4 is 17.6 Å². The summed E-state index contributed by atoms with van der Waals surface area (Å²) in [6.07, 6.45) is 1.62. The van der Waals surface area contributed by atoms with Gasteiger partial charge in [0, 0.05) is 0 Å². The lowest BCUT2D eigenvalue weighted by atomic mass is 10.8. The van der Waals surface area contributed by atoms with E-state index in [0.717, 1.165) is 10.9 Å². The van der Waals surface area contributed by atoms with Gasteiger partial charge < -0.3 is 10.7 Å². The second-order valence-corrected chi connectivity index (χ2v) is 2.83. The highest BCUT2D eigenvalue weighted by Crippen LogP contribution is 2.12. The van der Waals surface area contributed by atoms with Crippen LogP contribution in [0.3, 0.4) is 0 Å². The molecule has 0 bridgehead atoms. The first-order valence-electron chi connectivity index (χ1n) is 2.76. The highest BCUT2D eigenvalue weighted by Gasteiger charge is 1.93. The smallest absolute Gasteiger partial charge is 0.166 e. The van der Waals surface area contributed by atoms with Crippen molar-refractivity contribution < 1.29 is 0 Å². The predicted octanol–water partition coefficient (Wildman–Crippen LogP) is 1.10. The molecule has 50 valence electrons. The quantitative estimate of drug-likeness (QED) is 0.609. The molecule has 0 amide bonds. The summed E-state index contributed by atoms with van der Waals surface area (Å²) < 4.78 is 0. The van der Waals surface area contributed by atoms with Gasteiger partial charge in [0.1, 0.15) is 5.82 Å². The molecule has 4 heteroatoms. The van der Waals surface area contributed by atoms with Crippen LogP contribution in [0.2, 0.25) is 0 Å². The summed E-state index contributed by atoms with van der Waals surface area (Å²) in [6, 6.07) is 0. The number of hydrogen-bond donors (Lipinski definition) is 2. The third-order valence-corrected chi connectivity index (χ3v) is 1.62. The number of rotatable bonds is 2. The topological polar surface area (TPSA) is 54.7 Å². The van der Waals surface area contributed by atoms with Gasteiger partial charge in [-0.15, -0.1) is 0 Å². The molecule has 0 atom stereocenters. The van der Waals surface area contributed by atoms with E-state index in [1.165, 1.54) is 0 Å². The van der Waals surface area contributed by atoms with Crippen molar-refractivity contribution in [2.45, 2.75) is 12.1 Å². The molecule has 3 nitrogen and oxygen atoms in total. The molecule has 0 radical (unpaired) electrons. The van der Waals surface area contributed by atoms with Crippen molar-refractivity contribution in [1.82, 2.24) is 9.97 Å². The number of thioether (sulfide) groups is 1. The second-order valence-electron chi connectivity index (χ2n) is 1.58. The van der Waals surface area contributed by atoms with E-state index >= 15 is 0 Å². The van der Waals surface area contributed by atoms with Crippen molar-refractivity contribution in [3.8, 4) is 0 Å². The number of nitrogen functional groups attached to an aromatic ring is 1. The standard InChI is InChI=1S/C5H9N3S/c1-2-9-5-7-3-4(6)8-5/h3H,2,6H2,1H3,(H,7,8). The Labute approximate surface area is 58.1 Å². The van der Waals surface area contributed by atoms with Gasteiger partial charge in [0.25, 0.3) is 0 Å². The highest BCUT2D eigenvalue weighted by molar-refractivity contribution is 7.99. The van der Waals surface area contributed by atoms with Crippen LogP contribution >= 0.6 is 11.8 Å². The molecule has 0 unspecified atom stereocenters.